The number of hydrogen-bond acceptors (Lipinski definition) is 18. The van der Waals surface area contributed by atoms with Gasteiger partial charge >= 0.3 is 11.9 Å². The Kier molecular flexibility index (Phi) is 24.1. The van der Waals surface area contributed by atoms with Crippen molar-refractivity contribution in [2.45, 2.75) is 164 Å². The van der Waals surface area contributed by atoms with Gasteiger partial charge in [0.2, 0.25) is 0 Å². The van der Waals surface area contributed by atoms with E-state index in [4.69, 9.17) is 29.4 Å². The van der Waals surface area contributed by atoms with Gasteiger partial charge in [-0.3, -0.25) is 9.59 Å². The van der Waals surface area contributed by atoms with Crippen LogP contribution in [0.2, 0.25) is 0 Å². The fourth-order valence-electron chi connectivity index (χ4n) is 7.84. The number of methoxy groups -OCH3 is 1. The van der Waals surface area contributed by atoms with E-state index in [1.54, 1.807) is 68.5 Å². The van der Waals surface area contributed by atoms with Gasteiger partial charge in [-0.05, 0) is 26.2 Å². The number of ether oxygens (including phenoxy) is 5. The number of hydrogen-bond donors (Lipinski definition) is 11. The molecule has 3 heterocycles. The van der Waals surface area contributed by atoms with Crippen LogP contribution in [0.4, 0.5) is 0 Å². The first kappa shape index (κ1) is 55.9. The van der Waals surface area contributed by atoms with Crippen LogP contribution < -0.4 is 5.73 Å². The molecular weight excluding hydrogens is 851 g/mol. The third-order valence-corrected chi connectivity index (χ3v) is 11.9. The average Bonchev–Trinajstić information content (AvgIpc) is 3.23. The fourth-order valence-corrected chi connectivity index (χ4v) is 7.84. The molecule has 18 nitrogen and oxygen atoms in total. The minimum atomic E-state index is -2.27. The molecule has 0 aromatic rings. The van der Waals surface area contributed by atoms with E-state index in [-0.39, 0.29) is 38.2 Å². The Labute approximate surface area is 381 Å². The molecular formula is C47H73NO17. The predicted molar refractivity (Wildman–Crippen MR) is 237 cm³/mol. The van der Waals surface area contributed by atoms with E-state index in [9.17, 15) is 60.7 Å². The van der Waals surface area contributed by atoms with Gasteiger partial charge in [-0.1, -0.05) is 98.9 Å². The van der Waals surface area contributed by atoms with E-state index >= 15 is 0 Å². The van der Waals surface area contributed by atoms with Crippen LogP contribution >= 0.6 is 0 Å². The van der Waals surface area contributed by atoms with Gasteiger partial charge in [0.15, 0.2) is 12.1 Å². The molecule has 0 aliphatic carbocycles. The predicted octanol–water partition coefficient (Wildman–Crippen LogP) is 0.412. The lowest BCUT2D eigenvalue weighted by atomic mass is 9.82. The highest BCUT2D eigenvalue weighted by molar-refractivity contribution is 5.74. The van der Waals surface area contributed by atoms with Crippen molar-refractivity contribution in [2.24, 2.45) is 23.5 Å². The van der Waals surface area contributed by atoms with Crippen molar-refractivity contribution in [1.29, 1.82) is 0 Å². The number of aliphatic hydroxyl groups is 10. The SMILES string of the molecule is COC(=O)[C@H]1[C@@H]2C[C@@H](O[C@@H]3OC[C@@H](O)[C@H](N)[C@H]3O)/C=C/C=C/C=C/C=C/C=C/C=C/C=C/[C@H](C)[C@@H](O)[C@@H](C)[C@H](C)OC(=O)C[C@H](O)C[C@H](O)CCC(O)[C@H](O)C[C@H](O)C[C@](O)(C[C@@H]1O)O2. The van der Waals surface area contributed by atoms with Crippen LogP contribution in [-0.2, 0) is 33.3 Å². The summed E-state index contributed by atoms with van der Waals surface area (Å²) in [4.78, 5) is 25.6. The summed E-state index contributed by atoms with van der Waals surface area (Å²) in [5, 5.41) is 108. The molecule has 0 saturated carbocycles. The number of esters is 2. The van der Waals surface area contributed by atoms with Crippen molar-refractivity contribution in [2.75, 3.05) is 13.7 Å². The second-order valence-electron chi connectivity index (χ2n) is 17.3. The second kappa shape index (κ2) is 28.0. The quantitative estimate of drug-likeness (QED) is 0.171. The summed E-state index contributed by atoms with van der Waals surface area (Å²) < 4.78 is 28.1. The first-order valence-electron chi connectivity index (χ1n) is 22.3. The van der Waals surface area contributed by atoms with Crippen LogP contribution in [-0.4, -0.2) is 168 Å². The minimum Gasteiger partial charge on any atom is -0.469 e. The van der Waals surface area contributed by atoms with Crippen molar-refractivity contribution >= 4 is 11.9 Å². The summed E-state index contributed by atoms with van der Waals surface area (Å²) in [7, 11) is 1.12. The Morgan fingerprint density at radius 2 is 1.28 bits per heavy atom. The number of carbonyl (C=O) groups is 2. The lowest BCUT2D eigenvalue weighted by Gasteiger charge is -2.45. The molecule has 12 N–H and O–H groups in total. The maximum absolute atomic E-state index is 13.0. The number of rotatable bonds is 3. The first-order valence-corrected chi connectivity index (χ1v) is 22.3. The van der Waals surface area contributed by atoms with Gasteiger partial charge in [0.1, 0.15) is 18.1 Å². The highest BCUT2D eigenvalue weighted by atomic mass is 16.7. The van der Waals surface area contributed by atoms with Gasteiger partial charge in [-0.2, -0.15) is 0 Å². The maximum Gasteiger partial charge on any atom is 0.313 e. The van der Waals surface area contributed by atoms with Crippen LogP contribution in [0.3, 0.4) is 0 Å². The highest BCUT2D eigenvalue weighted by Crippen LogP contribution is 2.38. The fraction of sp³-hybridized carbons (Fsp3) is 0.660. The largest absolute Gasteiger partial charge is 0.469 e. The minimum absolute atomic E-state index is 0.0938. The van der Waals surface area contributed by atoms with Gasteiger partial charge in [0, 0.05) is 37.5 Å². The summed E-state index contributed by atoms with van der Waals surface area (Å²) in [6.45, 7) is 4.98. The summed E-state index contributed by atoms with van der Waals surface area (Å²) in [6.07, 6.45) is 5.43. The van der Waals surface area contributed by atoms with E-state index in [2.05, 4.69) is 0 Å². The van der Waals surface area contributed by atoms with Crippen LogP contribution in [0.1, 0.15) is 72.1 Å². The number of nitrogens with two attached hydrogens (primary N) is 1. The van der Waals surface area contributed by atoms with Crippen molar-refractivity contribution in [3.8, 4) is 0 Å². The van der Waals surface area contributed by atoms with E-state index < -0.39 is 141 Å². The highest BCUT2D eigenvalue weighted by Gasteiger charge is 2.51. The smallest absolute Gasteiger partial charge is 0.313 e. The summed E-state index contributed by atoms with van der Waals surface area (Å²) in [5.41, 5.74) is 5.96. The van der Waals surface area contributed by atoms with Crippen LogP contribution in [0.25, 0.3) is 0 Å². The monoisotopic (exact) mass is 923 g/mol. The van der Waals surface area contributed by atoms with E-state index in [0.717, 1.165) is 7.11 Å². The normalized spacial score (nSPS) is 44.3. The lowest BCUT2D eigenvalue weighted by molar-refractivity contribution is -0.306. The molecule has 0 aromatic carbocycles. The Hall–Kier alpha value is -3.44. The zero-order chi connectivity index (χ0) is 48.3. The van der Waals surface area contributed by atoms with Crippen molar-refractivity contribution in [1.82, 2.24) is 0 Å². The van der Waals surface area contributed by atoms with E-state index in [1.165, 1.54) is 0 Å². The standard InChI is InChI=1S/C47H73NO17/c1-28-17-15-13-11-9-7-5-6-8-10-12-14-16-18-34(64-46-44(58)42(48)38(55)27-62-46)24-39-41(45(59)61-4)37(54)26-47(60,65-39)25-33(51)22-36(53)35(52)20-19-31(49)21-32(50)23-40(56)63-30(3)29(2)43(28)57/h5-18,28-39,41-44,46,49-55,57-58,60H,19-27,48H2,1-4H3/b6-5+,9-7+,10-8+,13-11+,14-12+,17-15+,18-16+/t28-,29-,30-,31+,32+,33-,34-,35?,36+,37-,38+,39-,41+,42-,43+,44+,46-,47+/m0/s1. The molecule has 2 fully saturated rings. The van der Waals surface area contributed by atoms with Gasteiger partial charge in [-0.25, -0.2) is 0 Å². The van der Waals surface area contributed by atoms with E-state index in [0.29, 0.717) is 0 Å². The van der Waals surface area contributed by atoms with Crippen LogP contribution in [0.15, 0.2) is 85.1 Å². The van der Waals surface area contributed by atoms with Gasteiger partial charge < -0.3 is 80.5 Å². The van der Waals surface area contributed by atoms with Gasteiger partial charge in [0.25, 0.3) is 0 Å². The molecule has 0 amide bonds. The molecule has 65 heavy (non-hydrogen) atoms. The van der Waals surface area contributed by atoms with Gasteiger partial charge in [-0.15, -0.1) is 0 Å². The molecule has 18 heteroatoms. The average molecular weight is 924 g/mol. The number of carbonyl (C=O) groups excluding carboxylic acids is 2. The molecule has 1 unspecified atom stereocenters. The Morgan fingerprint density at radius 1 is 0.692 bits per heavy atom. The molecule has 368 valence electrons. The Bertz CT molecular complexity index is 1650. The molecule has 3 aliphatic heterocycles. The number of fused-ring (bicyclic) bond motifs is 2. The maximum atomic E-state index is 13.0. The van der Waals surface area contributed by atoms with Crippen LogP contribution in [0, 0.1) is 17.8 Å². The zero-order valence-electron chi connectivity index (χ0n) is 37.7. The van der Waals surface area contributed by atoms with Crippen LogP contribution in [0.5, 0.6) is 0 Å². The zero-order valence-corrected chi connectivity index (χ0v) is 37.7. The molecule has 3 aliphatic rings. The number of allylic oxidation sites excluding steroid dienone is 12. The molecule has 0 radical (unpaired) electrons. The molecule has 2 bridgehead atoms. The van der Waals surface area contributed by atoms with E-state index in [1.807, 2.05) is 37.3 Å². The third kappa shape index (κ3) is 19.0. The van der Waals surface area contributed by atoms with Crippen molar-refractivity contribution < 1.29 is 84.3 Å². The Balaban J connectivity index is 1.86. The summed E-state index contributed by atoms with van der Waals surface area (Å²) >= 11 is 0. The second-order valence-corrected chi connectivity index (χ2v) is 17.3. The van der Waals surface area contributed by atoms with Crippen molar-refractivity contribution in [3.05, 3.63) is 85.1 Å². The molecule has 0 spiro atoms. The summed E-state index contributed by atoms with van der Waals surface area (Å²) in [5.74, 6) is -5.92. The molecule has 3 rings (SSSR count). The Morgan fingerprint density at radius 3 is 1.88 bits per heavy atom. The van der Waals surface area contributed by atoms with Gasteiger partial charge in [0.05, 0.1) is 87.2 Å². The first-order chi connectivity index (χ1) is 30.7. The molecule has 18 atom stereocenters. The summed E-state index contributed by atoms with van der Waals surface area (Å²) in [6, 6.07) is -1.11. The number of aliphatic hydroxyl groups excluding tert-OH is 9. The lowest BCUT2D eigenvalue weighted by Crippen LogP contribution is -2.59. The topological polar surface area (TPSA) is 309 Å². The number of cyclic esters (lactones) is 1. The molecule has 2 saturated heterocycles. The van der Waals surface area contributed by atoms with Crippen molar-refractivity contribution in [3.63, 3.8) is 0 Å². The third-order valence-electron chi connectivity index (χ3n) is 11.9. The molecule has 0 aromatic heterocycles.